The molecule has 0 saturated heterocycles. The molecule has 3 heteroatoms. The Labute approximate surface area is 90.2 Å². The number of halogens is 1. The van der Waals surface area contributed by atoms with Crippen molar-refractivity contribution in [3.8, 4) is 5.75 Å². The number of methoxy groups -OCH3 is 1. The second-order valence-electron chi connectivity index (χ2n) is 4.09. The molecule has 0 amide bonds. The third-order valence-corrected chi connectivity index (χ3v) is 2.33. The van der Waals surface area contributed by atoms with E-state index in [-0.39, 0.29) is 11.9 Å². The normalized spacial score (nSPS) is 12.9. The summed E-state index contributed by atoms with van der Waals surface area (Å²) in [6.07, 6.45) is 0.747. The minimum absolute atomic E-state index is 0.289. The van der Waals surface area contributed by atoms with Crippen molar-refractivity contribution < 1.29 is 9.13 Å². The van der Waals surface area contributed by atoms with Crippen LogP contribution in [0, 0.1) is 11.7 Å². The van der Waals surface area contributed by atoms with Crippen molar-refractivity contribution in [3.63, 3.8) is 0 Å². The van der Waals surface area contributed by atoms with Crippen LogP contribution >= 0.6 is 0 Å². The van der Waals surface area contributed by atoms with E-state index in [0.717, 1.165) is 6.42 Å². The van der Waals surface area contributed by atoms with Gasteiger partial charge in [0.25, 0.3) is 0 Å². The highest BCUT2D eigenvalue weighted by atomic mass is 19.1. The number of hydrogen-bond donors (Lipinski definition) is 1. The molecular weight excluding hydrogens is 193 g/mol. The summed E-state index contributed by atoms with van der Waals surface area (Å²) in [4.78, 5) is 0. The molecule has 0 aromatic heterocycles. The molecule has 0 saturated carbocycles. The Bertz CT molecular complexity index is 325. The van der Waals surface area contributed by atoms with E-state index in [1.54, 1.807) is 12.1 Å². The number of ether oxygens (including phenoxy) is 1. The van der Waals surface area contributed by atoms with E-state index >= 15 is 0 Å². The average Bonchev–Trinajstić information content (AvgIpc) is 2.15. The first-order valence-corrected chi connectivity index (χ1v) is 5.14. The summed E-state index contributed by atoms with van der Waals surface area (Å²) >= 11 is 0. The Morgan fingerprint density at radius 2 is 2.07 bits per heavy atom. The fraction of sp³-hybridized carbons (Fsp3) is 0.500. The third kappa shape index (κ3) is 2.93. The lowest BCUT2D eigenvalue weighted by molar-refractivity contribution is 0.391. The molecule has 0 aliphatic rings. The van der Waals surface area contributed by atoms with Crippen molar-refractivity contribution in [1.82, 2.24) is 0 Å². The van der Waals surface area contributed by atoms with Gasteiger partial charge in [-0.3, -0.25) is 0 Å². The molecule has 1 rings (SSSR count). The predicted octanol–water partition coefficient (Wildman–Crippen LogP) is 2.88. The second kappa shape index (κ2) is 5.12. The first kappa shape index (κ1) is 12.0. The maximum absolute atomic E-state index is 13.6. The zero-order chi connectivity index (χ0) is 11.4. The molecule has 0 bridgehead atoms. The second-order valence-corrected chi connectivity index (χ2v) is 4.09. The van der Waals surface area contributed by atoms with E-state index in [0.29, 0.717) is 17.2 Å². The SMILES string of the molecule is COc1cccc(F)c1C(N)CC(C)C. The van der Waals surface area contributed by atoms with Gasteiger partial charge in [-0.05, 0) is 24.5 Å². The third-order valence-electron chi connectivity index (χ3n) is 2.33. The van der Waals surface area contributed by atoms with Crippen LogP contribution in [0.4, 0.5) is 4.39 Å². The molecule has 1 aromatic carbocycles. The van der Waals surface area contributed by atoms with Gasteiger partial charge in [0.15, 0.2) is 0 Å². The molecular formula is C12H18FNO. The standard InChI is InChI=1S/C12H18FNO/c1-8(2)7-10(14)12-9(13)5-4-6-11(12)15-3/h4-6,8,10H,7,14H2,1-3H3. The van der Waals surface area contributed by atoms with E-state index in [4.69, 9.17) is 10.5 Å². The maximum atomic E-state index is 13.6. The molecule has 1 unspecified atom stereocenters. The molecule has 0 aliphatic heterocycles. The fourth-order valence-corrected chi connectivity index (χ4v) is 1.68. The minimum Gasteiger partial charge on any atom is -0.496 e. The molecule has 0 fully saturated rings. The van der Waals surface area contributed by atoms with Gasteiger partial charge in [0.2, 0.25) is 0 Å². The number of benzene rings is 1. The minimum atomic E-state index is -0.304. The highest BCUT2D eigenvalue weighted by Crippen LogP contribution is 2.29. The summed E-state index contributed by atoms with van der Waals surface area (Å²) in [7, 11) is 1.53. The molecule has 0 radical (unpaired) electrons. The van der Waals surface area contributed by atoms with Crippen molar-refractivity contribution in [1.29, 1.82) is 0 Å². The van der Waals surface area contributed by atoms with E-state index in [1.807, 2.05) is 0 Å². The van der Waals surface area contributed by atoms with Crippen molar-refractivity contribution >= 4 is 0 Å². The molecule has 2 N–H and O–H groups in total. The van der Waals surface area contributed by atoms with Crippen LogP contribution in [0.1, 0.15) is 31.9 Å². The van der Waals surface area contributed by atoms with Gasteiger partial charge in [-0.1, -0.05) is 19.9 Å². The largest absolute Gasteiger partial charge is 0.496 e. The van der Waals surface area contributed by atoms with E-state index < -0.39 is 0 Å². The summed E-state index contributed by atoms with van der Waals surface area (Å²) < 4.78 is 18.7. The van der Waals surface area contributed by atoms with Crippen molar-refractivity contribution in [2.45, 2.75) is 26.3 Å². The zero-order valence-electron chi connectivity index (χ0n) is 9.46. The van der Waals surface area contributed by atoms with Crippen molar-refractivity contribution in [2.75, 3.05) is 7.11 Å². The van der Waals surface area contributed by atoms with Gasteiger partial charge >= 0.3 is 0 Å². The summed E-state index contributed by atoms with van der Waals surface area (Å²) in [6.45, 7) is 4.13. The lowest BCUT2D eigenvalue weighted by Crippen LogP contribution is -2.15. The molecule has 84 valence electrons. The first-order valence-electron chi connectivity index (χ1n) is 5.14. The van der Waals surface area contributed by atoms with Crippen LogP contribution in [0.2, 0.25) is 0 Å². The Balaban J connectivity index is 3.00. The maximum Gasteiger partial charge on any atom is 0.131 e. The van der Waals surface area contributed by atoms with Crippen LogP contribution < -0.4 is 10.5 Å². The average molecular weight is 211 g/mol. The van der Waals surface area contributed by atoms with E-state index in [1.165, 1.54) is 13.2 Å². The Morgan fingerprint density at radius 3 is 2.60 bits per heavy atom. The number of nitrogens with two attached hydrogens (primary N) is 1. The van der Waals surface area contributed by atoms with E-state index in [9.17, 15) is 4.39 Å². The Hall–Kier alpha value is -1.09. The smallest absolute Gasteiger partial charge is 0.131 e. The first-order chi connectivity index (χ1) is 7.06. The number of rotatable bonds is 4. The van der Waals surface area contributed by atoms with Gasteiger partial charge in [0.1, 0.15) is 11.6 Å². The van der Waals surface area contributed by atoms with Crippen LogP contribution in [0.5, 0.6) is 5.75 Å². The van der Waals surface area contributed by atoms with Crippen molar-refractivity contribution in [3.05, 3.63) is 29.6 Å². The molecule has 2 nitrogen and oxygen atoms in total. The molecule has 15 heavy (non-hydrogen) atoms. The van der Waals surface area contributed by atoms with Gasteiger partial charge in [0, 0.05) is 11.6 Å². The predicted molar refractivity (Wildman–Crippen MR) is 59.3 cm³/mol. The zero-order valence-corrected chi connectivity index (χ0v) is 9.46. The highest BCUT2D eigenvalue weighted by Gasteiger charge is 2.17. The van der Waals surface area contributed by atoms with Crippen LogP contribution in [-0.2, 0) is 0 Å². The number of hydrogen-bond acceptors (Lipinski definition) is 2. The Kier molecular flexibility index (Phi) is 4.09. The van der Waals surface area contributed by atoms with Crippen LogP contribution in [0.3, 0.4) is 0 Å². The van der Waals surface area contributed by atoms with Crippen LogP contribution in [-0.4, -0.2) is 7.11 Å². The van der Waals surface area contributed by atoms with E-state index in [2.05, 4.69) is 13.8 Å². The Morgan fingerprint density at radius 1 is 1.40 bits per heavy atom. The van der Waals surface area contributed by atoms with Gasteiger partial charge in [-0.25, -0.2) is 4.39 Å². The summed E-state index contributed by atoms with van der Waals surface area (Å²) in [5, 5.41) is 0. The van der Waals surface area contributed by atoms with Crippen LogP contribution in [0.25, 0.3) is 0 Å². The van der Waals surface area contributed by atoms with Gasteiger partial charge < -0.3 is 10.5 Å². The lowest BCUT2D eigenvalue weighted by atomic mass is 9.97. The van der Waals surface area contributed by atoms with Crippen LogP contribution in [0.15, 0.2) is 18.2 Å². The molecule has 0 aliphatic carbocycles. The van der Waals surface area contributed by atoms with Gasteiger partial charge in [-0.2, -0.15) is 0 Å². The quantitative estimate of drug-likeness (QED) is 0.831. The molecule has 1 aromatic rings. The molecule has 0 heterocycles. The highest BCUT2D eigenvalue weighted by molar-refractivity contribution is 5.37. The lowest BCUT2D eigenvalue weighted by Gasteiger charge is -2.18. The van der Waals surface area contributed by atoms with Crippen molar-refractivity contribution in [2.24, 2.45) is 11.7 Å². The summed E-state index contributed by atoms with van der Waals surface area (Å²) in [6, 6.07) is 4.47. The topological polar surface area (TPSA) is 35.2 Å². The molecule has 0 spiro atoms. The summed E-state index contributed by atoms with van der Waals surface area (Å²) in [5.74, 6) is 0.676. The monoisotopic (exact) mass is 211 g/mol. The molecule has 1 atom stereocenters. The van der Waals surface area contributed by atoms with Gasteiger partial charge in [0.05, 0.1) is 7.11 Å². The fourth-order valence-electron chi connectivity index (χ4n) is 1.68. The summed E-state index contributed by atoms with van der Waals surface area (Å²) in [5.41, 5.74) is 6.43. The van der Waals surface area contributed by atoms with Gasteiger partial charge in [-0.15, -0.1) is 0 Å².